The van der Waals surface area contributed by atoms with Crippen molar-refractivity contribution in [2.24, 2.45) is 0 Å². The van der Waals surface area contributed by atoms with Crippen molar-refractivity contribution in [1.29, 1.82) is 0 Å². The molecule has 0 spiro atoms. The third kappa shape index (κ3) is 80.7. The van der Waals surface area contributed by atoms with Crippen LogP contribution in [0.4, 0.5) is 0 Å². The molecule has 628 valence electrons. The first-order valence-corrected chi connectivity index (χ1v) is 45.7. The van der Waals surface area contributed by atoms with Gasteiger partial charge in [0.2, 0.25) is 0 Å². The average Bonchev–Trinajstić information content (AvgIpc) is 0.900. The second kappa shape index (κ2) is 81.7. The number of rotatable bonds is 79. The van der Waals surface area contributed by atoms with Gasteiger partial charge in [-0.15, -0.1) is 0 Å². The molecule has 5 atom stereocenters. The summed E-state index contributed by atoms with van der Waals surface area (Å²) in [4.78, 5) is 73.2. The summed E-state index contributed by atoms with van der Waals surface area (Å²) in [6.07, 6.45) is 96.4. The Kier molecular flexibility index (Phi) is 77.7. The number of hydrogen-bond acceptors (Lipinski definition) is 15. The monoisotopic (exact) mass is 1580 g/mol. The summed E-state index contributed by atoms with van der Waals surface area (Å²) in [5.74, 6) is -2.31. The van der Waals surface area contributed by atoms with Gasteiger partial charge in [-0.1, -0.05) is 301 Å². The molecule has 19 heteroatoms. The van der Waals surface area contributed by atoms with Crippen LogP contribution in [0, 0.1) is 0 Å². The second-order valence-corrected chi connectivity index (χ2v) is 30.9. The number of allylic oxidation sites excluding steroid dienone is 26. The molecular formula is C91H152O17P2. The van der Waals surface area contributed by atoms with Crippen LogP contribution in [-0.4, -0.2) is 96.7 Å². The van der Waals surface area contributed by atoms with Gasteiger partial charge < -0.3 is 33.8 Å². The van der Waals surface area contributed by atoms with E-state index in [0.29, 0.717) is 32.1 Å². The third-order valence-corrected chi connectivity index (χ3v) is 19.4. The van der Waals surface area contributed by atoms with Gasteiger partial charge in [0, 0.05) is 25.7 Å². The van der Waals surface area contributed by atoms with Crippen LogP contribution in [-0.2, 0) is 65.4 Å². The molecule has 0 saturated carbocycles. The Labute approximate surface area is 668 Å². The van der Waals surface area contributed by atoms with Crippen LogP contribution >= 0.6 is 15.6 Å². The molecule has 0 radical (unpaired) electrons. The summed E-state index contributed by atoms with van der Waals surface area (Å²) >= 11 is 0. The summed E-state index contributed by atoms with van der Waals surface area (Å²) in [6, 6.07) is 0. The molecule has 0 aliphatic heterocycles. The lowest BCUT2D eigenvalue weighted by Gasteiger charge is -2.21. The first-order valence-electron chi connectivity index (χ1n) is 42.7. The summed E-state index contributed by atoms with van der Waals surface area (Å²) in [5.41, 5.74) is 0. The fourth-order valence-corrected chi connectivity index (χ4v) is 12.5. The van der Waals surface area contributed by atoms with Crippen molar-refractivity contribution in [2.75, 3.05) is 39.6 Å². The Morgan fingerprint density at radius 3 is 0.809 bits per heavy atom. The molecule has 17 nitrogen and oxygen atoms in total. The third-order valence-electron chi connectivity index (χ3n) is 17.5. The number of unbranched alkanes of at least 4 members (excludes halogenated alkanes) is 27. The lowest BCUT2D eigenvalue weighted by Crippen LogP contribution is -2.30. The number of phosphoric acid groups is 2. The maximum absolute atomic E-state index is 13.1. The quantitative estimate of drug-likeness (QED) is 0.0169. The Bertz CT molecular complexity index is 2700. The molecule has 3 N–H and O–H groups in total. The van der Waals surface area contributed by atoms with Crippen molar-refractivity contribution in [1.82, 2.24) is 0 Å². The molecule has 0 bridgehead atoms. The molecule has 0 amide bonds. The molecular weight excluding hydrogens is 1430 g/mol. The molecule has 0 aromatic carbocycles. The van der Waals surface area contributed by atoms with Gasteiger partial charge in [-0.2, -0.15) is 0 Å². The predicted molar refractivity (Wildman–Crippen MR) is 454 cm³/mol. The molecule has 0 rings (SSSR count). The van der Waals surface area contributed by atoms with Gasteiger partial charge in [0.15, 0.2) is 12.2 Å². The molecule has 0 fully saturated rings. The maximum atomic E-state index is 13.1. The highest BCUT2D eigenvalue weighted by Crippen LogP contribution is 2.45. The molecule has 0 aromatic heterocycles. The number of aliphatic hydroxyl groups is 1. The average molecular weight is 1580 g/mol. The molecule has 0 aromatic rings. The standard InChI is InChI=1S/C91H152O17P2/c1-5-9-13-17-21-25-29-33-36-39-42-45-48-52-55-59-63-67-71-75-88(93)101-81-86(107-90(95)77-73-69-65-61-57-51-32-28-24-20-16-12-8-4)83-105-109(97,98)103-79-85(92)80-104-110(99,100)106-84-87(108-91(96)78-74-70-66-62-58-54-50-47-44-41-38-35-31-27-23-19-15-11-7-3)82-102-89(94)76-72-68-64-60-56-53-49-46-43-40-37-34-30-26-22-18-14-10-6-2/h10,14,21-23,25-28,32-38,42-47,53,56,64,68,85-87,92H,5-9,11-13,15-20,24,29-31,39-41,48-52,54-55,57-63,65-67,69-84H2,1-4H3,(H,97,98)(H,99,100)/b14-10-,25-21-,26-22-,27-23-,32-28-,36-33-,37-34-,38-35-,45-42-,46-43-,47-44-,56-53-,68-64-. The smallest absolute Gasteiger partial charge is 0.462 e. The lowest BCUT2D eigenvalue weighted by atomic mass is 10.1. The summed E-state index contributed by atoms with van der Waals surface area (Å²) < 4.78 is 68.7. The predicted octanol–water partition coefficient (Wildman–Crippen LogP) is 25.6. The Morgan fingerprint density at radius 1 is 0.264 bits per heavy atom. The highest BCUT2D eigenvalue weighted by atomic mass is 31.2. The van der Waals surface area contributed by atoms with E-state index in [1.807, 2.05) is 18.2 Å². The van der Waals surface area contributed by atoms with Crippen molar-refractivity contribution in [2.45, 2.75) is 354 Å². The first-order chi connectivity index (χ1) is 53.7. The van der Waals surface area contributed by atoms with Gasteiger partial charge in [-0.3, -0.25) is 37.3 Å². The zero-order valence-corrected chi connectivity index (χ0v) is 70.7. The van der Waals surface area contributed by atoms with E-state index < -0.39 is 97.5 Å². The highest BCUT2D eigenvalue weighted by molar-refractivity contribution is 7.47. The van der Waals surface area contributed by atoms with Crippen LogP contribution in [0.25, 0.3) is 0 Å². The van der Waals surface area contributed by atoms with Crippen LogP contribution in [0.15, 0.2) is 158 Å². The fourth-order valence-electron chi connectivity index (χ4n) is 11.0. The number of esters is 4. The van der Waals surface area contributed by atoms with Crippen molar-refractivity contribution < 1.29 is 80.2 Å². The van der Waals surface area contributed by atoms with E-state index in [9.17, 15) is 43.2 Å². The Hall–Kier alpha value is -5.32. The molecule has 110 heavy (non-hydrogen) atoms. The molecule has 0 saturated heterocycles. The van der Waals surface area contributed by atoms with Gasteiger partial charge >= 0.3 is 39.5 Å². The topological polar surface area (TPSA) is 237 Å². The van der Waals surface area contributed by atoms with Gasteiger partial charge in [0.1, 0.15) is 19.3 Å². The van der Waals surface area contributed by atoms with E-state index in [-0.39, 0.29) is 25.7 Å². The second-order valence-electron chi connectivity index (χ2n) is 28.0. The molecule has 0 heterocycles. The molecule has 5 unspecified atom stereocenters. The minimum absolute atomic E-state index is 0.0283. The van der Waals surface area contributed by atoms with E-state index in [1.165, 1.54) is 64.2 Å². The van der Waals surface area contributed by atoms with Gasteiger partial charge in [-0.25, -0.2) is 9.13 Å². The van der Waals surface area contributed by atoms with Crippen LogP contribution in [0.1, 0.15) is 336 Å². The number of carbonyl (C=O) groups excluding carboxylic acids is 4. The van der Waals surface area contributed by atoms with Crippen molar-refractivity contribution >= 4 is 39.5 Å². The zero-order chi connectivity index (χ0) is 80.3. The molecule has 0 aliphatic rings. The van der Waals surface area contributed by atoms with Gasteiger partial charge in [0.25, 0.3) is 0 Å². The minimum Gasteiger partial charge on any atom is -0.462 e. The normalized spacial score (nSPS) is 14.6. The number of phosphoric ester groups is 2. The number of carbonyl (C=O) groups is 4. The number of ether oxygens (including phenoxy) is 4. The van der Waals surface area contributed by atoms with Crippen LogP contribution in [0.3, 0.4) is 0 Å². The fraction of sp³-hybridized carbons (Fsp3) is 0.670. The van der Waals surface area contributed by atoms with E-state index >= 15 is 0 Å². The van der Waals surface area contributed by atoms with E-state index in [0.717, 1.165) is 186 Å². The van der Waals surface area contributed by atoms with Gasteiger partial charge in [-0.05, 0) is 167 Å². The summed E-state index contributed by atoms with van der Waals surface area (Å²) in [5, 5.41) is 10.7. The van der Waals surface area contributed by atoms with E-state index in [2.05, 4.69) is 167 Å². The van der Waals surface area contributed by atoms with Crippen molar-refractivity contribution in [3.8, 4) is 0 Å². The van der Waals surface area contributed by atoms with E-state index in [4.69, 9.17) is 37.0 Å². The minimum atomic E-state index is -5.01. The van der Waals surface area contributed by atoms with Crippen LogP contribution in [0.2, 0.25) is 0 Å². The highest BCUT2D eigenvalue weighted by Gasteiger charge is 2.30. The molecule has 0 aliphatic carbocycles. The number of hydrogen-bond donors (Lipinski definition) is 3. The van der Waals surface area contributed by atoms with Crippen LogP contribution < -0.4 is 0 Å². The summed E-state index contributed by atoms with van der Waals surface area (Å²) in [7, 11) is -10.0. The van der Waals surface area contributed by atoms with Crippen molar-refractivity contribution in [3.63, 3.8) is 0 Å². The zero-order valence-electron chi connectivity index (χ0n) is 68.9. The lowest BCUT2D eigenvalue weighted by molar-refractivity contribution is -0.161. The first kappa shape index (κ1) is 105. The SMILES string of the molecule is CC/C=C\C/C=C\C/C=C\C/C=C\C/C=C\C/C=C\CCC(=O)OCC(COP(=O)(O)OCC(O)COP(=O)(O)OCC(COC(=O)CCCCCCCC/C=C\C/C=C\C/C=C\CCCCC)OC(=O)CCCCCCC/C=C\CCCCCC)OC(=O)CCCCCCCC/C=C\C/C=C\C/C=C\CCCCC. The largest absolute Gasteiger partial charge is 0.472 e. The van der Waals surface area contributed by atoms with E-state index in [1.54, 1.807) is 0 Å². The Morgan fingerprint density at radius 2 is 0.491 bits per heavy atom. The van der Waals surface area contributed by atoms with Crippen LogP contribution in [0.5, 0.6) is 0 Å². The maximum Gasteiger partial charge on any atom is 0.472 e. The van der Waals surface area contributed by atoms with Gasteiger partial charge in [0.05, 0.1) is 26.4 Å². The number of aliphatic hydroxyl groups excluding tert-OH is 1. The summed E-state index contributed by atoms with van der Waals surface area (Å²) in [6.45, 7) is 4.59. The van der Waals surface area contributed by atoms with Crippen molar-refractivity contribution in [3.05, 3.63) is 158 Å². The Balaban J connectivity index is 5.46.